The Bertz CT molecular complexity index is 318. The molecule has 0 aliphatic carbocycles. The first-order valence-corrected chi connectivity index (χ1v) is 9.00. The highest BCUT2D eigenvalue weighted by Gasteiger charge is 2.16. The van der Waals surface area contributed by atoms with Crippen LogP contribution in [0.3, 0.4) is 0 Å². The smallest absolute Gasteiger partial charge is 0.0112 e. The van der Waals surface area contributed by atoms with E-state index in [9.17, 15) is 0 Å². The lowest BCUT2D eigenvalue weighted by Crippen LogP contribution is -2.33. The van der Waals surface area contributed by atoms with Gasteiger partial charge in [-0.1, -0.05) is 46.3 Å². The first-order valence-electron chi connectivity index (χ1n) is 6.49. The van der Waals surface area contributed by atoms with E-state index in [1.54, 1.807) is 0 Å². The maximum atomic E-state index is 3.65. The zero-order chi connectivity index (χ0) is 13.4. The van der Waals surface area contributed by atoms with Crippen LogP contribution in [0.15, 0.2) is 30.3 Å². The zero-order valence-corrected chi connectivity index (χ0v) is 14.0. The second-order valence-electron chi connectivity index (χ2n) is 4.83. The standard InChI is InChI=1S/C15H24BrNS/c1-13(9-10-18-3)17(2)12-15(11-16)14-7-5-4-6-8-14/h4-8,13,15H,9-12H2,1-3H3. The molecule has 0 aliphatic rings. The second-order valence-corrected chi connectivity index (χ2v) is 6.47. The number of hydrogen-bond donors (Lipinski definition) is 0. The second kappa shape index (κ2) is 9.00. The Morgan fingerprint density at radius 3 is 2.50 bits per heavy atom. The van der Waals surface area contributed by atoms with Crippen molar-refractivity contribution in [1.29, 1.82) is 0 Å². The van der Waals surface area contributed by atoms with E-state index in [0.29, 0.717) is 12.0 Å². The van der Waals surface area contributed by atoms with Crippen LogP contribution in [0.25, 0.3) is 0 Å². The molecule has 1 aromatic carbocycles. The molecule has 1 rings (SSSR count). The molecule has 3 heteroatoms. The highest BCUT2D eigenvalue weighted by Crippen LogP contribution is 2.20. The largest absolute Gasteiger partial charge is 0.303 e. The minimum absolute atomic E-state index is 0.577. The number of benzene rings is 1. The molecule has 0 saturated heterocycles. The summed E-state index contributed by atoms with van der Waals surface area (Å²) >= 11 is 5.58. The molecule has 0 spiro atoms. The van der Waals surface area contributed by atoms with Crippen LogP contribution in [-0.4, -0.2) is 41.9 Å². The van der Waals surface area contributed by atoms with Crippen LogP contribution in [-0.2, 0) is 0 Å². The van der Waals surface area contributed by atoms with E-state index in [1.165, 1.54) is 17.7 Å². The number of rotatable bonds is 8. The summed E-state index contributed by atoms with van der Waals surface area (Å²) in [7, 11) is 2.24. The predicted molar refractivity (Wildman–Crippen MR) is 88.1 cm³/mol. The predicted octanol–water partition coefficient (Wildman–Crippen LogP) is 4.24. The third-order valence-corrected chi connectivity index (χ3v) is 4.88. The van der Waals surface area contributed by atoms with Gasteiger partial charge < -0.3 is 4.90 Å². The van der Waals surface area contributed by atoms with Crippen molar-refractivity contribution in [3.8, 4) is 0 Å². The number of hydrogen-bond acceptors (Lipinski definition) is 2. The lowest BCUT2D eigenvalue weighted by Gasteiger charge is -2.28. The molecule has 102 valence electrons. The van der Waals surface area contributed by atoms with Crippen LogP contribution >= 0.6 is 27.7 Å². The summed E-state index contributed by atoms with van der Waals surface area (Å²) in [5, 5.41) is 1.02. The summed E-state index contributed by atoms with van der Waals surface area (Å²) in [6, 6.07) is 11.4. The molecule has 0 aliphatic heterocycles. The fourth-order valence-electron chi connectivity index (χ4n) is 2.00. The maximum Gasteiger partial charge on any atom is 0.0112 e. The van der Waals surface area contributed by atoms with Gasteiger partial charge in [0.05, 0.1) is 0 Å². The SMILES string of the molecule is CSCCC(C)N(C)CC(CBr)c1ccccc1. The Labute approximate surface area is 124 Å². The number of halogens is 1. The van der Waals surface area contributed by atoms with Gasteiger partial charge in [0.1, 0.15) is 0 Å². The molecule has 0 heterocycles. The Morgan fingerprint density at radius 2 is 1.94 bits per heavy atom. The normalized spacial score (nSPS) is 14.7. The highest BCUT2D eigenvalue weighted by molar-refractivity contribution is 9.09. The van der Waals surface area contributed by atoms with E-state index in [-0.39, 0.29) is 0 Å². The Kier molecular flexibility index (Phi) is 8.03. The topological polar surface area (TPSA) is 3.24 Å². The van der Waals surface area contributed by atoms with Gasteiger partial charge in [-0.3, -0.25) is 0 Å². The number of alkyl halides is 1. The number of thioether (sulfide) groups is 1. The van der Waals surface area contributed by atoms with E-state index in [1.807, 2.05) is 11.8 Å². The van der Waals surface area contributed by atoms with Gasteiger partial charge in [0.2, 0.25) is 0 Å². The molecule has 0 N–H and O–H groups in total. The fourth-order valence-corrected chi connectivity index (χ4v) is 3.16. The number of likely N-dealkylation sites (N-methyl/N-ethyl adjacent to an activating group) is 1. The Hall–Kier alpha value is 0.0100. The Morgan fingerprint density at radius 1 is 1.28 bits per heavy atom. The quantitative estimate of drug-likeness (QED) is 0.656. The van der Waals surface area contributed by atoms with E-state index in [0.717, 1.165) is 11.9 Å². The van der Waals surface area contributed by atoms with Crippen LogP contribution in [0.1, 0.15) is 24.8 Å². The van der Waals surface area contributed by atoms with Gasteiger partial charge in [-0.2, -0.15) is 11.8 Å². The average Bonchev–Trinajstić information content (AvgIpc) is 2.42. The molecule has 2 unspecified atom stereocenters. The van der Waals surface area contributed by atoms with Gasteiger partial charge in [0.25, 0.3) is 0 Å². The molecule has 0 fully saturated rings. The monoisotopic (exact) mass is 329 g/mol. The maximum absolute atomic E-state index is 3.65. The van der Waals surface area contributed by atoms with Gasteiger partial charge >= 0.3 is 0 Å². The molecule has 0 aromatic heterocycles. The van der Waals surface area contributed by atoms with E-state index >= 15 is 0 Å². The van der Waals surface area contributed by atoms with Crippen molar-refractivity contribution in [2.24, 2.45) is 0 Å². The molecule has 1 aromatic rings. The molecule has 0 amide bonds. The number of nitrogens with zero attached hydrogens (tertiary/aromatic N) is 1. The Balaban J connectivity index is 2.52. The van der Waals surface area contributed by atoms with Crippen molar-refractivity contribution >= 4 is 27.7 Å². The summed E-state index contributed by atoms with van der Waals surface area (Å²) in [6.45, 7) is 3.44. The molecular formula is C15H24BrNS. The zero-order valence-electron chi connectivity index (χ0n) is 11.6. The summed E-state index contributed by atoms with van der Waals surface area (Å²) in [5.41, 5.74) is 1.43. The average molecular weight is 330 g/mol. The van der Waals surface area contributed by atoms with Crippen molar-refractivity contribution < 1.29 is 0 Å². The lowest BCUT2D eigenvalue weighted by atomic mass is 10.00. The van der Waals surface area contributed by atoms with E-state index < -0.39 is 0 Å². The molecule has 0 bridgehead atoms. The van der Waals surface area contributed by atoms with Crippen molar-refractivity contribution in [3.63, 3.8) is 0 Å². The molecule has 0 radical (unpaired) electrons. The van der Waals surface area contributed by atoms with E-state index in [4.69, 9.17) is 0 Å². The molecular weight excluding hydrogens is 306 g/mol. The molecule has 2 atom stereocenters. The van der Waals surface area contributed by atoms with Crippen LogP contribution in [0.2, 0.25) is 0 Å². The van der Waals surface area contributed by atoms with Crippen molar-refractivity contribution in [2.45, 2.75) is 25.3 Å². The summed E-state index contributed by atoms with van der Waals surface area (Å²) in [6.07, 6.45) is 3.44. The first-order chi connectivity index (χ1) is 8.69. The lowest BCUT2D eigenvalue weighted by molar-refractivity contribution is 0.243. The van der Waals surface area contributed by atoms with Crippen molar-refractivity contribution in [3.05, 3.63) is 35.9 Å². The van der Waals surface area contributed by atoms with Gasteiger partial charge in [-0.25, -0.2) is 0 Å². The van der Waals surface area contributed by atoms with Crippen LogP contribution < -0.4 is 0 Å². The van der Waals surface area contributed by atoms with Gasteiger partial charge in [-0.15, -0.1) is 0 Å². The minimum atomic E-state index is 0.577. The van der Waals surface area contributed by atoms with Crippen LogP contribution in [0, 0.1) is 0 Å². The van der Waals surface area contributed by atoms with Crippen molar-refractivity contribution in [1.82, 2.24) is 4.90 Å². The highest BCUT2D eigenvalue weighted by atomic mass is 79.9. The van der Waals surface area contributed by atoms with Crippen molar-refractivity contribution in [2.75, 3.05) is 30.9 Å². The summed E-state index contributed by atoms with van der Waals surface area (Å²) in [4.78, 5) is 2.48. The van der Waals surface area contributed by atoms with Crippen LogP contribution in [0.5, 0.6) is 0 Å². The minimum Gasteiger partial charge on any atom is -0.303 e. The molecule has 1 nitrogen and oxygen atoms in total. The van der Waals surface area contributed by atoms with Gasteiger partial charge in [-0.05, 0) is 38.0 Å². The first kappa shape index (κ1) is 16.1. The third-order valence-electron chi connectivity index (χ3n) is 3.46. The molecule has 18 heavy (non-hydrogen) atoms. The van der Waals surface area contributed by atoms with Gasteiger partial charge in [0, 0.05) is 23.8 Å². The molecule has 0 saturated carbocycles. The van der Waals surface area contributed by atoms with Crippen LogP contribution in [0.4, 0.5) is 0 Å². The third kappa shape index (κ3) is 5.33. The van der Waals surface area contributed by atoms with E-state index in [2.05, 4.69) is 71.4 Å². The van der Waals surface area contributed by atoms with Gasteiger partial charge in [0.15, 0.2) is 0 Å². The summed E-state index contributed by atoms with van der Waals surface area (Å²) < 4.78 is 0. The fraction of sp³-hybridized carbons (Fsp3) is 0.600. The summed E-state index contributed by atoms with van der Waals surface area (Å²) in [5.74, 6) is 1.82.